The highest BCUT2D eigenvalue weighted by atomic mass is 19.4. The number of aromatic nitrogens is 3. The van der Waals surface area contributed by atoms with Crippen molar-refractivity contribution >= 4 is 17.4 Å². The molecule has 1 atom stereocenters. The van der Waals surface area contributed by atoms with E-state index in [2.05, 4.69) is 15.4 Å². The van der Waals surface area contributed by atoms with E-state index in [0.717, 1.165) is 23.4 Å². The molecule has 4 aromatic rings. The third-order valence-corrected chi connectivity index (χ3v) is 5.43. The molecule has 4 rings (SSSR count). The minimum atomic E-state index is -4.99. The molecule has 0 saturated carbocycles. The molecule has 0 saturated heterocycles. The number of nitrogens with one attached hydrogen (secondary N) is 1. The monoisotopic (exact) mass is 470 g/mol. The van der Waals surface area contributed by atoms with Gasteiger partial charge >= 0.3 is 6.18 Å². The summed E-state index contributed by atoms with van der Waals surface area (Å²) in [6.07, 6.45) is -5.91. The van der Waals surface area contributed by atoms with Crippen molar-refractivity contribution in [3.63, 3.8) is 0 Å². The zero-order valence-electron chi connectivity index (χ0n) is 18.0. The molecule has 3 N–H and O–H groups in total. The van der Waals surface area contributed by atoms with E-state index in [1.807, 2.05) is 37.3 Å². The summed E-state index contributed by atoms with van der Waals surface area (Å²) in [5.74, 6) is -0.344. The van der Waals surface area contributed by atoms with Gasteiger partial charge in [0.1, 0.15) is 5.82 Å². The Hall–Kier alpha value is -3.76. The van der Waals surface area contributed by atoms with Crippen molar-refractivity contribution in [2.45, 2.75) is 25.1 Å². The quantitative estimate of drug-likeness (QED) is 0.394. The molecule has 0 aliphatic rings. The topological polar surface area (TPSA) is 99.8 Å². The minimum Gasteiger partial charge on any atom is -0.396 e. The van der Waals surface area contributed by atoms with Gasteiger partial charge in [-0.1, -0.05) is 42.5 Å². The van der Waals surface area contributed by atoms with Crippen LogP contribution in [0.3, 0.4) is 0 Å². The highest BCUT2D eigenvalue weighted by molar-refractivity contribution is 6.04. The number of benzene rings is 2. The standard InChI is InChI=1S/C24H21F3N4O3/c1-15-13-21-28-20(14-19(31(21)30-15)16-5-3-2-4-6-16)29-22(33)17-7-9-18(10-8-17)23(34,11-12-32)24(25,26)27/h2-10,13-14,32,34H,11-12H2,1H3,(H,28,29,33)/t23-/m1/s1. The van der Waals surface area contributed by atoms with Crippen LogP contribution in [0.4, 0.5) is 19.0 Å². The molecule has 0 fully saturated rings. The van der Waals surface area contributed by atoms with Gasteiger partial charge in [-0.05, 0) is 24.6 Å². The fourth-order valence-corrected chi connectivity index (χ4v) is 3.66. The Balaban J connectivity index is 1.64. The predicted octanol–water partition coefficient (Wildman–Crippen LogP) is 4.09. The molecule has 34 heavy (non-hydrogen) atoms. The fourth-order valence-electron chi connectivity index (χ4n) is 3.66. The number of halogens is 3. The van der Waals surface area contributed by atoms with Gasteiger partial charge in [0.25, 0.3) is 5.91 Å². The number of alkyl halides is 3. The normalized spacial score (nSPS) is 13.6. The first kappa shape index (κ1) is 23.4. The number of carbonyl (C=O) groups excluding carboxylic acids is 1. The van der Waals surface area contributed by atoms with Crippen LogP contribution < -0.4 is 5.32 Å². The van der Waals surface area contributed by atoms with E-state index in [4.69, 9.17) is 5.11 Å². The van der Waals surface area contributed by atoms with Crippen LogP contribution in [-0.2, 0) is 5.60 Å². The highest BCUT2D eigenvalue weighted by Gasteiger charge is 2.54. The number of hydrogen-bond donors (Lipinski definition) is 3. The number of nitrogens with zero attached hydrogens (tertiary/aromatic N) is 3. The van der Waals surface area contributed by atoms with Crippen molar-refractivity contribution in [2.24, 2.45) is 0 Å². The molecule has 2 heterocycles. The second-order valence-corrected chi connectivity index (χ2v) is 7.81. The molecular formula is C24H21F3N4O3. The van der Waals surface area contributed by atoms with Gasteiger partial charge in [-0.25, -0.2) is 9.50 Å². The maximum Gasteiger partial charge on any atom is 0.421 e. The van der Waals surface area contributed by atoms with Gasteiger partial charge in [-0.2, -0.15) is 18.3 Å². The van der Waals surface area contributed by atoms with Crippen LogP contribution in [0.2, 0.25) is 0 Å². The van der Waals surface area contributed by atoms with Crippen molar-refractivity contribution in [3.05, 3.63) is 83.6 Å². The number of amides is 1. The van der Waals surface area contributed by atoms with Gasteiger partial charge in [0.15, 0.2) is 11.2 Å². The van der Waals surface area contributed by atoms with E-state index >= 15 is 0 Å². The first-order valence-corrected chi connectivity index (χ1v) is 10.4. The first-order chi connectivity index (χ1) is 16.1. The fraction of sp³-hybridized carbons (Fsp3) is 0.208. The highest BCUT2D eigenvalue weighted by Crippen LogP contribution is 2.41. The number of hydrogen-bond acceptors (Lipinski definition) is 5. The summed E-state index contributed by atoms with van der Waals surface area (Å²) < 4.78 is 41.8. The maximum absolute atomic E-state index is 13.4. The van der Waals surface area contributed by atoms with Crippen LogP contribution in [0.5, 0.6) is 0 Å². The van der Waals surface area contributed by atoms with Gasteiger partial charge in [-0.15, -0.1) is 0 Å². The summed E-state index contributed by atoms with van der Waals surface area (Å²) in [5, 5.41) is 26.2. The Bertz CT molecular complexity index is 1320. The van der Waals surface area contributed by atoms with E-state index in [-0.39, 0.29) is 11.4 Å². The van der Waals surface area contributed by atoms with Crippen LogP contribution >= 0.6 is 0 Å². The van der Waals surface area contributed by atoms with Gasteiger partial charge in [0.05, 0.1) is 11.4 Å². The third kappa shape index (κ3) is 4.37. The summed E-state index contributed by atoms with van der Waals surface area (Å²) in [7, 11) is 0. The number of aliphatic hydroxyl groups is 2. The Kier molecular flexibility index (Phi) is 6.11. The lowest BCUT2D eigenvalue weighted by Crippen LogP contribution is -2.43. The van der Waals surface area contributed by atoms with Crippen molar-refractivity contribution in [1.82, 2.24) is 14.6 Å². The molecule has 0 spiro atoms. The number of aryl methyl sites for hydroxylation is 1. The van der Waals surface area contributed by atoms with Crippen molar-refractivity contribution in [1.29, 1.82) is 0 Å². The molecule has 0 aliphatic carbocycles. The summed E-state index contributed by atoms with van der Waals surface area (Å²) in [4.78, 5) is 17.2. The minimum absolute atomic E-state index is 0.0740. The molecule has 1 amide bonds. The van der Waals surface area contributed by atoms with Crippen molar-refractivity contribution in [3.8, 4) is 11.3 Å². The van der Waals surface area contributed by atoms with Gasteiger partial charge < -0.3 is 15.5 Å². The molecule has 176 valence electrons. The van der Waals surface area contributed by atoms with Crippen LogP contribution in [0, 0.1) is 6.92 Å². The zero-order valence-corrected chi connectivity index (χ0v) is 18.0. The summed E-state index contributed by atoms with van der Waals surface area (Å²) in [5.41, 5.74) is -0.797. The number of carbonyl (C=O) groups is 1. The maximum atomic E-state index is 13.4. The number of rotatable bonds is 6. The lowest BCUT2D eigenvalue weighted by atomic mass is 9.89. The van der Waals surface area contributed by atoms with Gasteiger partial charge in [0, 0.05) is 36.3 Å². The molecule has 0 radical (unpaired) electrons. The Labute approximate surface area is 192 Å². The van der Waals surface area contributed by atoms with Crippen molar-refractivity contribution < 1.29 is 28.2 Å². The first-order valence-electron chi connectivity index (χ1n) is 10.4. The molecule has 0 unspecified atom stereocenters. The summed E-state index contributed by atoms with van der Waals surface area (Å²) in [6, 6.07) is 17.2. The second kappa shape index (κ2) is 8.88. The van der Waals surface area contributed by atoms with Crippen LogP contribution in [0.25, 0.3) is 16.9 Å². The number of fused-ring (bicyclic) bond motifs is 1. The lowest BCUT2D eigenvalue weighted by Gasteiger charge is -2.30. The third-order valence-electron chi connectivity index (χ3n) is 5.43. The SMILES string of the molecule is Cc1cc2nc(NC(=O)c3ccc([C@](O)(CCO)C(F)(F)F)cc3)cc(-c3ccccc3)n2n1. The summed E-state index contributed by atoms with van der Waals surface area (Å²) in [6.45, 7) is 0.965. The molecule has 10 heteroatoms. The molecule has 7 nitrogen and oxygen atoms in total. The number of aliphatic hydroxyl groups excluding tert-OH is 1. The van der Waals surface area contributed by atoms with Crippen LogP contribution in [0.1, 0.15) is 28.0 Å². The molecular weight excluding hydrogens is 449 g/mol. The number of anilines is 1. The lowest BCUT2D eigenvalue weighted by molar-refractivity contribution is -0.271. The molecule has 2 aromatic heterocycles. The molecule has 0 bridgehead atoms. The van der Waals surface area contributed by atoms with E-state index < -0.39 is 36.3 Å². The predicted molar refractivity (Wildman–Crippen MR) is 119 cm³/mol. The van der Waals surface area contributed by atoms with Gasteiger partial charge in [0.2, 0.25) is 0 Å². The molecule has 0 aliphatic heterocycles. The Morgan fingerprint density at radius 3 is 2.35 bits per heavy atom. The van der Waals surface area contributed by atoms with E-state index in [0.29, 0.717) is 11.3 Å². The van der Waals surface area contributed by atoms with Crippen LogP contribution in [-0.4, -0.2) is 43.5 Å². The van der Waals surface area contributed by atoms with E-state index in [1.165, 1.54) is 12.1 Å². The Morgan fingerprint density at radius 2 is 1.74 bits per heavy atom. The smallest absolute Gasteiger partial charge is 0.396 e. The van der Waals surface area contributed by atoms with E-state index in [9.17, 15) is 23.1 Å². The largest absolute Gasteiger partial charge is 0.421 e. The van der Waals surface area contributed by atoms with Crippen LogP contribution in [0.15, 0.2) is 66.7 Å². The average Bonchev–Trinajstić information content (AvgIpc) is 3.18. The average molecular weight is 470 g/mol. The second-order valence-electron chi connectivity index (χ2n) is 7.81. The van der Waals surface area contributed by atoms with Crippen molar-refractivity contribution in [2.75, 3.05) is 11.9 Å². The van der Waals surface area contributed by atoms with E-state index in [1.54, 1.807) is 16.6 Å². The zero-order chi connectivity index (χ0) is 24.5. The summed E-state index contributed by atoms with van der Waals surface area (Å²) >= 11 is 0. The Morgan fingerprint density at radius 1 is 1.06 bits per heavy atom. The molecule has 2 aromatic carbocycles. The van der Waals surface area contributed by atoms with Gasteiger partial charge in [-0.3, -0.25) is 4.79 Å².